The van der Waals surface area contributed by atoms with Crippen LogP contribution in [-0.2, 0) is 27.4 Å². The second-order valence-corrected chi connectivity index (χ2v) is 9.03. The summed E-state index contributed by atoms with van der Waals surface area (Å²) in [6, 6.07) is 1.78. The fraction of sp³-hybridized carbons (Fsp3) is 0.550. The summed E-state index contributed by atoms with van der Waals surface area (Å²) in [6.07, 6.45) is 2.16. The number of primary amides is 1. The fourth-order valence-corrected chi connectivity index (χ4v) is 3.87. The zero-order valence-corrected chi connectivity index (χ0v) is 17.6. The van der Waals surface area contributed by atoms with Gasteiger partial charge in [0.1, 0.15) is 11.6 Å². The molecular weight excluding hydrogens is 378 g/mol. The molecule has 2 N–H and O–H groups in total. The lowest BCUT2D eigenvalue weighted by Crippen LogP contribution is -2.22. The lowest BCUT2D eigenvalue weighted by atomic mass is 9.97. The molecule has 152 valence electrons. The van der Waals surface area contributed by atoms with Crippen molar-refractivity contribution in [2.75, 3.05) is 6.61 Å². The van der Waals surface area contributed by atoms with Crippen LogP contribution in [0.2, 0.25) is 0 Å². The van der Waals surface area contributed by atoms with E-state index < -0.39 is 11.3 Å². The van der Waals surface area contributed by atoms with Crippen molar-refractivity contribution in [2.24, 2.45) is 11.1 Å². The van der Waals surface area contributed by atoms with Gasteiger partial charge in [0.2, 0.25) is 0 Å². The van der Waals surface area contributed by atoms with Crippen molar-refractivity contribution in [3.8, 4) is 11.4 Å². The highest BCUT2D eigenvalue weighted by atomic mass is 32.1. The van der Waals surface area contributed by atoms with Gasteiger partial charge >= 0.3 is 5.97 Å². The second kappa shape index (κ2) is 8.05. The fourth-order valence-electron chi connectivity index (χ4n) is 3.17. The number of carbonyl (C=O) groups excluding carboxylic acids is 2. The third-order valence-corrected chi connectivity index (χ3v) is 5.62. The number of carbonyl (C=O) groups is 2. The number of thiazole rings is 1. The van der Waals surface area contributed by atoms with Crippen molar-refractivity contribution in [2.45, 2.75) is 59.8 Å². The van der Waals surface area contributed by atoms with Crippen molar-refractivity contribution in [1.82, 2.24) is 9.55 Å². The minimum Gasteiger partial charge on any atom is -0.458 e. The highest BCUT2D eigenvalue weighted by Crippen LogP contribution is 2.29. The van der Waals surface area contributed by atoms with E-state index in [1.807, 2.05) is 33.1 Å². The number of nitrogens with two attached hydrogens (primary N) is 1. The summed E-state index contributed by atoms with van der Waals surface area (Å²) in [4.78, 5) is 28.4. The van der Waals surface area contributed by atoms with Crippen LogP contribution in [0.5, 0.6) is 0 Å². The van der Waals surface area contributed by atoms with E-state index in [0.29, 0.717) is 17.1 Å². The molecule has 1 fully saturated rings. The van der Waals surface area contributed by atoms with Gasteiger partial charge in [-0.2, -0.15) is 0 Å². The van der Waals surface area contributed by atoms with Gasteiger partial charge in [-0.15, -0.1) is 11.3 Å². The molecular formula is C20H27N3O4S. The minimum absolute atomic E-state index is 0.122. The van der Waals surface area contributed by atoms with Gasteiger partial charge in [0.15, 0.2) is 0 Å². The molecule has 1 aliphatic rings. The number of nitrogens with zero attached hydrogens (tertiary/aromatic N) is 2. The third-order valence-electron chi connectivity index (χ3n) is 4.80. The van der Waals surface area contributed by atoms with Gasteiger partial charge in [0, 0.05) is 24.2 Å². The molecule has 8 heteroatoms. The Balaban J connectivity index is 1.84. The molecule has 28 heavy (non-hydrogen) atoms. The van der Waals surface area contributed by atoms with Gasteiger partial charge in [0.05, 0.1) is 28.5 Å². The van der Waals surface area contributed by atoms with Crippen LogP contribution in [0.15, 0.2) is 11.4 Å². The molecule has 1 aliphatic heterocycles. The summed E-state index contributed by atoms with van der Waals surface area (Å²) in [5.74, 6) is -0.725. The van der Waals surface area contributed by atoms with Crippen molar-refractivity contribution < 1.29 is 19.1 Å². The van der Waals surface area contributed by atoms with Gasteiger partial charge in [-0.1, -0.05) is 0 Å². The molecule has 1 atom stereocenters. The van der Waals surface area contributed by atoms with Crippen molar-refractivity contribution >= 4 is 23.2 Å². The maximum Gasteiger partial charge on any atom is 0.311 e. The maximum atomic E-state index is 12.0. The summed E-state index contributed by atoms with van der Waals surface area (Å²) in [5, 5.41) is 2.61. The van der Waals surface area contributed by atoms with Crippen LogP contribution in [-0.4, -0.2) is 34.1 Å². The van der Waals surface area contributed by atoms with Gasteiger partial charge in [-0.25, -0.2) is 4.98 Å². The third kappa shape index (κ3) is 4.44. The first kappa shape index (κ1) is 20.5. The molecule has 0 aromatic carbocycles. The number of rotatable bonds is 6. The number of amides is 1. The standard InChI is InChI=1S/C20H27N3O4S/c1-12-14(18(21)24)8-16(23(12)9-13-6-5-7-26-13)15-11-28-17(22-15)10-27-19(25)20(2,3)4/h8,11,13H,5-7,9-10H2,1-4H3,(H2,21,24). The van der Waals surface area contributed by atoms with Gasteiger partial charge in [-0.05, 0) is 46.6 Å². The Morgan fingerprint density at radius 1 is 1.43 bits per heavy atom. The highest BCUT2D eigenvalue weighted by Gasteiger charge is 2.25. The van der Waals surface area contributed by atoms with Crippen molar-refractivity contribution in [1.29, 1.82) is 0 Å². The topological polar surface area (TPSA) is 96.4 Å². The van der Waals surface area contributed by atoms with E-state index in [9.17, 15) is 9.59 Å². The molecule has 2 aromatic rings. The molecule has 0 bridgehead atoms. The molecule has 0 spiro atoms. The van der Waals surface area contributed by atoms with E-state index in [-0.39, 0.29) is 18.7 Å². The lowest BCUT2D eigenvalue weighted by Gasteiger charge is -2.16. The largest absolute Gasteiger partial charge is 0.458 e. The van der Waals surface area contributed by atoms with E-state index in [1.54, 1.807) is 6.07 Å². The van der Waals surface area contributed by atoms with Crippen LogP contribution in [0, 0.1) is 12.3 Å². The van der Waals surface area contributed by atoms with Crippen LogP contribution in [0.25, 0.3) is 11.4 Å². The summed E-state index contributed by atoms with van der Waals surface area (Å²) < 4.78 is 13.2. The van der Waals surface area contributed by atoms with E-state index >= 15 is 0 Å². The molecule has 1 unspecified atom stereocenters. The molecule has 0 saturated carbocycles. The first-order valence-corrected chi connectivity index (χ1v) is 10.3. The van der Waals surface area contributed by atoms with Crippen LogP contribution in [0.3, 0.4) is 0 Å². The van der Waals surface area contributed by atoms with E-state index in [0.717, 1.165) is 36.5 Å². The molecule has 0 radical (unpaired) electrons. The number of aromatic nitrogens is 2. The normalized spacial score (nSPS) is 17.1. The molecule has 0 aliphatic carbocycles. The van der Waals surface area contributed by atoms with Gasteiger partial charge in [0.25, 0.3) is 5.91 Å². The van der Waals surface area contributed by atoms with Crippen molar-refractivity contribution in [3.63, 3.8) is 0 Å². The quantitative estimate of drug-likeness (QED) is 0.744. The Bertz CT molecular complexity index is 873. The second-order valence-electron chi connectivity index (χ2n) is 8.09. The predicted molar refractivity (Wildman–Crippen MR) is 107 cm³/mol. The summed E-state index contributed by atoms with van der Waals surface area (Å²) >= 11 is 1.42. The van der Waals surface area contributed by atoms with E-state index in [4.69, 9.17) is 15.2 Å². The van der Waals surface area contributed by atoms with E-state index in [2.05, 4.69) is 9.55 Å². The first-order valence-electron chi connectivity index (χ1n) is 9.40. The minimum atomic E-state index is -0.552. The zero-order valence-electron chi connectivity index (χ0n) is 16.8. The monoisotopic (exact) mass is 405 g/mol. The molecule has 1 saturated heterocycles. The SMILES string of the molecule is Cc1c(C(N)=O)cc(-c2csc(COC(=O)C(C)(C)C)n2)n1CC1CCCO1. The van der Waals surface area contributed by atoms with Crippen LogP contribution >= 0.6 is 11.3 Å². The lowest BCUT2D eigenvalue weighted by molar-refractivity contribution is -0.154. The van der Waals surface area contributed by atoms with Crippen LogP contribution in [0.1, 0.15) is 54.7 Å². The maximum absolute atomic E-state index is 12.0. The van der Waals surface area contributed by atoms with E-state index in [1.165, 1.54) is 11.3 Å². The average molecular weight is 406 g/mol. The Hall–Kier alpha value is -2.19. The molecule has 1 amide bonds. The Labute approximate surface area is 168 Å². The van der Waals surface area contributed by atoms with Crippen molar-refractivity contribution in [3.05, 3.63) is 27.7 Å². The molecule has 2 aromatic heterocycles. The Morgan fingerprint density at radius 2 is 2.18 bits per heavy atom. The van der Waals surface area contributed by atoms with Gasteiger partial charge in [-0.3, -0.25) is 9.59 Å². The summed E-state index contributed by atoms with van der Waals surface area (Å²) in [6.45, 7) is 8.88. The average Bonchev–Trinajstić information content (AvgIpc) is 3.34. The Morgan fingerprint density at radius 3 is 2.79 bits per heavy atom. The van der Waals surface area contributed by atoms with Crippen LogP contribution in [0.4, 0.5) is 0 Å². The van der Waals surface area contributed by atoms with Crippen LogP contribution < -0.4 is 5.73 Å². The summed E-state index contributed by atoms with van der Waals surface area (Å²) in [7, 11) is 0. The van der Waals surface area contributed by atoms with Gasteiger partial charge < -0.3 is 19.8 Å². The number of hydrogen-bond acceptors (Lipinski definition) is 6. The predicted octanol–water partition coefficient (Wildman–Crippen LogP) is 3.29. The zero-order chi connectivity index (χ0) is 20.5. The number of hydrogen-bond donors (Lipinski definition) is 1. The first-order chi connectivity index (χ1) is 13.2. The Kier molecular flexibility index (Phi) is 5.90. The molecule has 3 heterocycles. The smallest absolute Gasteiger partial charge is 0.311 e. The highest BCUT2D eigenvalue weighted by molar-refractivity contribution is 7.09. The number of esters is 1. The number of ether oxygens (including phenoxy) is 2. The summed E-state index contributed by atoms with van der Waals surface area (Å²) in [5.41, 5.74) is 7.86. The molecule has 3 rings (SSSR count). The molecule has 7 nitrogen and oxygen atoms in total.